The molecule has 0 saturated carbocycles. The third-order valence-corrected chi connectivity index (χ3v) is 1.49. The molecule has 5 heteroatoms. The summed E-state index contributed by atoms with van der Waals surface area (Å²) in [7, 11) is 0. The standard InChI is InChI=1S/C7H13N5/c8-3-1-2-4-12-7(10)6(9)5-11-12/h1-2,5H,3-4,8-10H2/b2-1+. The van der Waals surface area contributed by atoms with E-state index >= 15 is 0 Å². The van der Waals surface area contributed by atoms with Crippen LogP contribution < -0.4 is 17.2 Å². The highest BCUT2D eigenvalue weighted by atomic mass is 15.3. The topological polar surface area (TPSA) is 95.9 Å². The number of hydrogen-bond acceptors (Lipinski definition) is 4. The Hall–Kier alpha value is -1.49. The predicted molar refractivity (Wildman–Crippen MR) is 49.2 cm³/mol. The molecular weight excluding hydrogens is 154 g/mol. The van der Waals surface area contributed by atoms with E-state index in [-0.39, 0.29) is 0 Å². The molecule has 5 nitrogen and oxygen atoms in total. The zero-order chi connectivity index (χ0) is 8.97. The number of anilines is 2. The zero-order valence-electron chi connectivity index (χ0n) is 6.77. The molecular formula is C7H13N5. The van der Waals surface area contributed by atoms with E-state index in [4.69, 9.17) is 17.2 Å². The molecule has 0 aliphatic heterocycles. The molecule has 12 heavy (non-hydrogen) atoms. The summed E-state index contributed by atoms with van der Waals surface area (Å²) in [6, 6.07) is 0. The Bertz CT molecular complexity index is 275. The molecule has 0 saturated heterocycles. The number of hydrogen-bond donors (Lipinski definition) is 3. The van der Waals surface area contributed by atoms with Gasteiger partial charge in [-0.3, -0.25) is 0 Å². The fraction of sp³-hybridized carbons (Fsp3) is 0.286. The number of nitrogen functional groups attached to an aromatic ring is 2. The van der Waals surface area contributed by atoms with Crippen LogP contribution >= 0.6 is 0 Å². The van der Waals surface area contributed by atoms with Gasteiger partial charge in [0.05, 0.1) is 18.4 Å². The molecule has 0 aromatic carbocycles. The third-order valence-electron chi connectivity index (χ3n) is 1.49. The minimum absolute atomic E-state index is 0.497. The number of nitrogens with zero attached hydrogens (tertiary/aromatic N) is 2. The molecule has 0 unspecified atom stereocenters. The monoisotopic (exact) mass is 167 g/mol. The highest BCUT2D eigenvalue weighted by Gasteiger charge is 2.00. The maximum Gasteiger partial charge on any atom is 0.145 e. The largest absolute Gasteiger partial charge is 0.394 e. The van der Waals surface area contributed by atoms with E-state index in [2.05, 4.69) is 5.10 Å². The van der Waals surface area contributed by atoms with Gasteiger partial charge < -0.3 is 17.2 Å². The molecule has 6 N–H and O–H groups in total. The molecule has 1 aromatic rings. The lowest BCUT2D eigenvalue weighted by Gasteiger charge is -1.98. The van der Waals surface area contributed by atoms with E-state index in [0.717, 1.165) is 0 Å². The average Bonchev–Trinajstić information content (AvgIpc) is 2.36. The van der Waals surface area contributed by atoms with Crippen molar-refractivity contribution in [2.24, 2.45) is 5.73 Å². The van der Waals surface area contributed by atoms with Crippen molar-refractivity contribution in [3.63, 3.8) is 0 Å². The van der Waals surface area contributed by atoms with Crippen molar-refractivity contribution in [2.45, 2.75) is 6.54 Å². The van der Waals surface area contributed by atoms with Crippen LogP contribution in [0.5, 0.6) is 0 Å². The van der Waals surface area contributed by atoms with Crippen LogP contribution in [0.1, 0.15) is 0 Å². The summed E-state index contributed by atoms with van der Waals surface area (Å²) in [5, 5.41) is 3.96. The second kappa shape index (κ2) is 3.77. The lowest BCUT2D eigenvalue weighted by atomic mass is 10.5. The van der Waals surface area contributed by atoms with Gasteiger partial charge in [-0.2, -0.15) is 5.10 Å². The van der Waals surface area contributed by atoms with Gasteiger partial charge in [-0.15, -0.1) is 0 Å². The Labute approximate surface area is 70.8 Å². The maximum atomic E-state index is 5.60. The van der Waals surface area contributed by atoms with Crippen molar-refractivity contribution in [3.05, 3.63) is 18.3 Å². The normalized spacial score (nSPS) is 11.1. The van der Waals surface area contributed by atoms with Crippen LogP contribution in [0, 0.1) is 0 Å². The Morgan fingerprint density at radius 2 is 2.17 bits per heavy atom. The Kier molecular flexibility index (Phi) is 2.71. The molecule has 1 rings (SSSR count). The Morgan fingerprint density at radius 1 is 1.42 bits per heavy atom. The Morgan fingerprint density at radius 3 is 2.67 bits per heavy atom. The highest BCUT2D eigenvalue weighted by Crippen LogP contribution is 2.11. The smallest absolute Gasteiger partial charge is 0.145 e. The van der Waals surface area contributed by atoms with Crippen molar-refractivity contribution in [1.29, 1.82) is 0 Å². The average molecular weight is 167 g/mol. The summed E-state index contributed by atoms with van der Waals surface area (Å²) >= 11 is 0. The highest BCUT2D eigenvalue weighted by molar-refractivity contribution is 5.57. The molecule has 0 aliphatic rings. The molecule has 0 spiro atoms. The molecule has 1 heterocycles. The molecule has 0 atom stereocenters. The van der Waals surface area contributed by atoms with Crippen LogP contribution in [-0.2, 0) is 6.54 Å². The van der Waals surface area contributed by atoms with Gasteiger partial charge in [-0.05, 0) is 0 Å². The van der Waals surface area contributed by atoms with Crippen LogP contribution in [0.25, 0.3) is 0 Å². The first-order valence-corrected chi connectivity index (χ1v) is 3.67. The van der Waals surface area contributed by atoms with Crippen LogP contribution in [0.2, 0.25) is 0 Å². The number of aromatic nitrogens is 2. The fourth-order valence-corrected chi connectivity index (χ4v) is 0.825. The van der Waals surface area contributed by atoms with E-state index in [9.17, 15) is 0 Å². The second-order valence-corrected chi connectivity index (χ2v) is 2.37. The summed E-state index contributed by atoms with van der Waals surface area (Å²) in [5.41, 5.74) is 16.9. The summed E-state index contributed by atoms with van der Waals surface area (Å²) in [6.07, 6.45) is 5.27. The van der Waals surface area contributed by atoms with Crippen LogP contribution in [0.15, 0.2) is 18.3 Å². The molecule has 0 amide bonds. The van der Waals surface area contributed by atoms with Crippen molar-refractivity contribution >= 4 is 11.5 Å². The SMILES string of the molecule is NC/C=C/Cn1ncc(N)c1N. The van der Waals surface area contributed by atoms with Crippen molar-refractivity contribution < 1.29 is 0 Å². The first kappa shape index (κ1) is 8.61. The minimum Gasteiger partial charge on any atom is -0.394 e. The third kappa shape index (κ3) is 1.76. The van der Waals surface area contributed by atoms with Gasteiger partial charge in [0.2, 0.25) is 0 Å². The molecule has 0 bridgehead atoms. The summed E-state index contributed by atoms with van der Waals surface area (Å²) in [5.74, 6) is 0.497. The van der Waals surface area contributed by atoms with Gasteiger partial charge in [-0.25, -0.2) is 4.68 Å². The van der Waals surface area contributed by atoms with Gasteiger partial charge >= 0.3 is 0 Å². The molecule has 0 radical (unpaired) electrons. The number of nitrogens with two attached hydrogens (primary N) is 3. The lowest BCUT2D eigenvalue weighted by Crippen LogP contribution is -2.04. The van der Waals surface area contributed by atoms with E-state index in [1.54, 1.807) is 4.68 Å². The van der Waals surface area contributed by atoms with Gasteiger partial charge in [0.1, 0.15) is 5.82 Å². The first-order valence-electron chi connectivity index (χ1n) is 3.67. The fourth-order valence-electron chi connectivity index (χ4n) is 0.825. The summed E-state index contributed by atoms with van der Waals surface area (Å²) < 4.78 is 1.61. The van der Waals surface area contributed by atoms with E-state index in [1.165, 1.54) is 6.20 Å². The van der Waals surface area contributed by atoms with Gasteiger partial charge in [0, 0.05) is 6.54 Å². The van der Waals surface area contributed by atoms with Crippen molar-refractivity contribution in [3.8, 4) is 0 Å². The predicted octanol–water partition coefficient (Wildman–Crippen LogP) is -0.438. The molecule has 0 aliphatic carbocycles. The summed E-state index contributed by atoms with van der Waals surface area (Å²) in [4.78, 5) is 0. The van der Waals surface area contributed by atoms with E-state index in [0.29, 0.717) is 24.6 Å². The van der Waals surface area contributed by atoms with Gasteiger partial charge in [-0.1, -0.05) is 12.2 Å². The summed E-state index contributed by atoms with van der Waals surface area (Å²) in [6.45, 7) is 1.14. The molecule has 1 aromatic heterocycles. The van der Waals surface area contributed by atoms with Crippen LogP contribution in [0.3, 0.4) is 0 Å². The minimum atomic E-state index is 0.497. The second-order valence-electron chi connectivity index (χ2n) is 2.37. The maximum absolute atomic E-state index is 5.60. The van der Waals surface area contributed by atoms with Crippen LogP contribution in [0.4, 0.5) is 11.5 Å². The van der Waals surface area contributed by atoms with Crippen molar-refractivity contribution in [1.82, 2.24) is 9.78 Å². The van der Waals surface area contributed by atoms with E-state index in [1.807, 2.05) is 12.2 Å². The molecule has 66 valence electrons. The van der Waals surface area contributed by atoms with Crippen molar-refractivity contribution in [2.75, 3.05) is 18.0 Å². The Balaban J connectivity index is 2.63. The quantitative estimate of drug-likeness (QED) is 0.532. The van der Waals surface area contributed by atoms with Gasteiger partial charge in [0.15, 0.2) is 0 Å². The van der Waals surface area contributed by atoms with E-state index < -0.39 is 0 Å². The zero-order valence-corrected chi connectivity index (χ0v) is 6.77. The van der Waals surface area contributed by atoms with Gasteiger partial charge in [0.25, 0.3) is 0 Å². The molecule has 0 fully saturated rings. The van der Waals surface area contributed by atoms with Crippen LogP contribution in [-0.4, -0.2) is 16.3 Å². The first-order chi connectivity index (χ1) is 5.75. The number of allylic oxidation sites excluding steroid dienone is 1. The number of rotatable bonds is 3. The lowest BCUT2D eigenvalue weighted by molar-refractivity contribution is 0.711.